The average Bonchev–Trinajstić information content (AvgIpc) is 3.42. The van der Waals surface area contributed by atoms with Gasteiger partial charge in [-0.2, -0.15) is 0 Å². The molecular weight excluding hydrogens is 388 g/mol. The molecule has 2 atom stereocenters. The smallest absolute Gasteiger partial charge is 0.253 e. The van der Waals surface area contributed by atoms with E-state index >= 15 is 0 Å². The molecular formula is C24H32N6O. The second-order valence-electron chi connectivity index (χ2n) is 9.64. The van der Waals surface area contributed by atoms with Crippen molar-refractivity contribution in [1.82, 2.24) is 30.1 Å². The monoisotopic (exact) mass is 420 g/mol. The van der Waals surface area contributed by atoms with Crippen molar-refractivity contribution in [1.29, 1.82) is 0 Å². The van der Waals surface area contributed by atoms with E-state index in [1.54, 1.807) is 0 Å². The van der Waals surface area contributed by atoms with Crippen LogP contribution >= 0.6 is 0 Å². The van der Waals surface area contributed by atoms with E-state index in [2.05, 4.69) is 64.4 Å². The Labute approximate surface area is 182 Å². The van der Waals surface area contributed by atoms with Crippen LogP contribution in [0.3, 0.4) is 0 Å². The Morgan fingerprint density at radius 2 is 1.84 bits per heavy atom. The van der Waals surface area contributed by atoms with Crippen molar-refractivity contribution >= 4 is 10.9 Å². The molecule has 1 saturated heterocycles. The minimum atomic E-state index is -0.229. The van der Waals surface area contributed by atoms with Gasteiger partial charge in [-0.25, -0.2) is 4.68 Å². The van der Waals surface area contributed by atoms with Gasteiger partial charge in [-0.15, -0.1) is 5.10 Å². The predicted octanol–water partition coefficient (Wildman–Crippen LogP) is 4.07. The number of aryl methyl sites for hydroxylation is 2. The molecule has 1 saturated carbocycles. The fraction of sp³-hybridized carbons (Fsp3) is 0.583. The maximum Gasteiger partial charge on any atom is 0.253 e. The molecule has 2 aromatic heterocycles. The molecule has 0 unspecified atom stereocenters. The molecule has 31 heavy (non-hydrogen) atoms. The highest BCUT2D eigenvalue weighted by atomic mass is 16.1. The zero-order valence-corrected chi connectivity index (χ0v) is 18.8. The topological polar surface area (TPSA) is 79.7 Å². The van der Waals surface area contributed by atoms with Gasteiger partial charge in [0.15, 0.2) is 5.82 Å². The second-order valence-corrected chi connectivity index (χ2v) is 9.64. The normalized spacial score (nSPS) is 21.7. The number of pyridine rings is 1. The standard InChI is InChI=1S/C24H32N6O/c1-15-7-6-10-29(14-15)22(23-26-27-28-30(23)19-8-4-5-9-19)20-13-18-11-16(2)17(3)12-21(18)25-24(20)31/h11-13,15,19,22H,4-10,14H2,1-3H3,(H,25,31)/t15-,22+/m1/s1. The van der Waals surface area contributed by atoms with Crippen molar-refractivity contribution in [2.45, 2.75) is 71.4 Å². The van der Waals surface area contributed by atoms with Crippen LogP contribution in [-0.2, 0) is 0 Å². The quantitative estimate of drug-likeness (QED) is 0.688. The van der Waals surface area contributed by atoms with E-state index in [9.17, 15) is 4.79 Å². The van der Waals surface area contributed by atoms with Gasteiger partial charge in [-0.3, -0.25) is 9.69 Å². The van der Waals surface area contributed by atoms with E-state index in [4.69, 9.17) is 0 Å². The number of nitrogens with zero attached hydrogens (tertiary/aromatic N) is 5. The summed E-state index contributed by atoms with van der Waals surface area (Å²) in [5, 5.41) is 14.0. The second kappa shape index (κ2) is 8.19. The lowest BCUT2D eigenvalue weighted by molar-refractivity contribution is 0.139. The number of hydrogen-bond acceptors (Lipinski definition) is 5. The van der Waals surface area contributed by atoms with Crippen LogP contribution in [0.15, 0.2) is 23.0 Å². The Morgan fingerprint density at radius 3 is 2.61 bits per heavy atom. The third-order valence-corrected chi connectivity index (χ3v) is 7.27. The lowest BCUT2D eigenvalue weighted by Gasteiger charge is -2.36. The summed E-state index contributed by atoms with van der Waals surface area (Å²) in [6.07, 6.45) is 6.99. The summed E-state index contributed by atoms with van der Waals surface area (Å²) < 4.78 is 2.01. The molecule has 0 radical (unpaired) electrons. The first-order valence-electron chi connectivity index (χ1n) is 11.7. The molecule has 3 heterocycles. The molecule has 0 amide bonds. The lowest BCUT2D eigenvalue weighted by Crippen LogP contribution is -2.41. The SMILES string of the molecule is Cc1cc2cc([C@@H](c3nnnn3C3CCCC3)N3CCC[C@@H](C)C3)c(=O)[nH]c2cc1C. The van der Waals surface area contributed by atoms with Gasteiger partial charge in [0.1, 0.15) is 6.04 Å². The summed E-state index contributed by atoms with van der Waals surface area (Å²) >= 11 is 0. The van der Waals surface area contributed by atoms with E-state index < -0.39 is 0 Å². The van der Waals surface area contributed by atoms with E-state index in [0.29, 0.717) is 12.0 Å². The van der Waals surface area contributed by atoms with Crippen LogP contribution in [0.4, 0.5) is 0 Å². The fourth-order valence-corrected chi connectivity index (χ4v) is 5.45. The first-order valence-corrected chi connectivity index (χ1v) is 11.7. The number of tetrazole rings is 1. The Balaban J connectivity index is 1.66. The number of piperidine rings is 1. The zero-order chi connectivity index (χ0) is 21.5. The van der Waals surface area contributed by atoms with Crippen LogP contribution < -0.4 is 5.56 Å². The predicted molar refractivity (Wildman–Crippen MR) is 121 cm³/mol. The minimum absolute atomic E-state index is 0.0417. The van der Waals surface area contributed by atoms with Crippen molar-refractivity contribution in [3.05, 3.63) is 51.1 Å². The Morgan fingerprint density at radius 1 is 1.06 bits per heavy atom. The summed E-state index contributed by atoms with van der Waals surface area (Å²) in [5.41, 5.74) is 4.00. The highest BCUT2D eigenvalue weighted by Gasteiger charge is 2.34. The summed E-state index contributed by atoms with van der Waals surface area (Å²) in [4.78, 5) is 18.9. The lowest BCUT2D eigenvalue weighted by atomic mass is 9.95. The third kappa shape index (κ3) is 3.80. The van der Waals surface area contributed by atoms with E-state index in [-0.39, 0.29) is 11.6 Å². The van der Waals surface area contributed by atoms with Crippen LogP contribution in [-0.4, -0.2) is 43.2 Å². The summed E-state index contributed by atoms with van der Waals surface area (Å²) in [7, 11) is 0. The van der Waals surface area contributed by atoms with Gasteiger partial charge in [-0.05, 0) is 97.1 Å². The Kier molecular flexibility index (Phi) is 5.38. The summed E-state index contributed by atoms with van der Waals surface area (Å²) in [6, 6.07) is 6.40. The molecule has 7 nitrogen and oxygen atoms in total. The highest BCUT2D eigenvalue weighted by Crippen LogP contribution is 2.35. The number of likely N-dealkylation sites (tertiary alicyclic amines) is 1. The summed E-state index contributed by atoms with van der Waals surface area (Å²) in [5.74, 6) is 1.41. The van der Waals surface area contributed by atoms with Crippen LogP contribution in [0.5, 0.6) is 0 Å². The number of aromatic amines is 1. The average molecular weight is 421 g/mol. The molecule has 1 aromatic carbocycles. The number of H-pyrrole nitrogens is 1. The molecule has 5 rings (SSSR count). The number of rotatable bonds is 4. The van der Waals surface area contributed by atoms with Gasteiger partial charge in [0.05, 0.1) is 6.04 Å². The van der Waals surface area contributed by atoms with Crippen molar-refractivity contribution < 1.29 is 0 Å². The fourth-order valence-electron chi connectivity index (χ4n) is 5.45. The molecule has 0 spiro atoms. The van der Waals surface area contributed by atoms with E-state index in [0.717, 1.165) is 54.6 Å². The Hall–Kier alpha value is -2.54. The van der Waals surface area contributed by atoms with Crippen LogP contribution in [0.2, 0.25) is 0 Å². The molecule has 1 N–H and O–H groups in total. The number of fused-ring (bicyclic) bond motifs is 1. The van der Waals surface area contributed by atoms with Gasteiger partial charge in [0.2, 0.25) is 0 Å². The first kappa shape index (κ1) is 20.4. The van der Waals surface area contributed by atoms with Crippen molar-refractivity contribution in [2.75, 3.05) is 13.1 Å². The van der Waals surface area contributed by atoms with Crippen LogP contribution in [0, 0.1) is 19.8 Å². The molecule has 2 fully saturated rings. The van der Waals surface area contributed by atoms with Gasteiger partial charge in [-0.1, -0.05) is 19.8 Å². The van der Waals surface area contributed by atoms with Gasteiger partial charge in [0, 0.05) is 17.6 Å². The van der Waals surface area contributed by atoms with E-state index in [1.165, 1.54) is 30.4 Å². The third-order valence-electron chi connectivity index (χ3n) is 7.27. The molecule has 7 heteroatoms. The molecule has 0 bridgehead atoms. The Bertz CT molecular complexity index is 1140. The molecule has 3 aromatic rings. The molecule has 164 valence electrons. The summed E-state index contributed by atoms with van der Waals surface area (Å²) in [6.45, 7) is 8.39. The molecule has 1 aliphatic heterocycles. The van der Waals surface area contributed by atoms with Crippen LogP contribution in [0.1, 0.15) is 80.0 Å². The van der Waals surface area contributed by atoms with Gasteiger partial charge in [0.25, 0.3) is 5.56 Å². The maximum atomic E-state index is 13.4. The van der Waals surface area contributed by atoms with Crippen molar-refractivity contribution in [3.8, 4) is 0 Å². The molecule has 2 aliphatic rings. The maximum absolute atomic E-state index is 13.4. The van der Waals surface area contributed by atoms with Crippen LogP contribution in [0.25, 0.3) is 10.9 Å². The number of aromatic nitrogens is 5. The highest BCUT2D eigenvalue weighted by molar-refractivity contribution is 5.81. The zero-order valence-electron chi connectivity index (χ0n) is 18.8. The number of hydrogen-bond donors (Lipinski definition) is 1. The number of nitrogens with one attached hydrogen (secondary N) is 1. The van der Waals surface area contributed by atoms with Crippen molar-refractivity contribution in [3.63, 3.8) is 0 Å². The largest absolute Gasteiger partial charge is 0.322 e. The van der Waals surface area contributed by atoms with E-state index in [1.807, 2.05) is 4.68 Å². The van der Waals surface area contributed by atoms with Gasteiger partial charge < -0.3 is 4.98 Å². The molecule has 1 aliphatic carbocycles. The first-order chi connectivity index (χ1) is 15.0. The van der Waals surface area contributed by atoms with Gasteiger partial charge >= 0.3 is 0 Å². The van der Waals surface area contributed by atoms with Crippen molar-refractivity contribution in [2.24, 2.45) is 5.92 Å². The number of benzene rings is 1. The minimum Gasteiger partial charge on any atom is -0.322 e.